The molecule has 1 saturated heterocycles. The van der Waals surface area contributed by atoms with E-state index in [0.717, 1.165) is 16.8 Å². The molecule has 1 N–H and O–H groups in total. The van der Waals surface area contributed by atoms with E-state index < -0.39 is 16.7 Å². The van der Waals surface area contributed by atoms with Crippen LogP contribution in [0.15, 0.2) is 70.0 Å². The van der Waals surface area contributed by atoms with Crippen molar-refractivity contribution in [3.8, 4) is 11.3 Å². The van der Waals surface area contributed by atoms with Crippen molar-refractivity contribution in [1.82, 2.24) is 10.4 Å². The molecule has 0 spiro atoms. The van der Waals surface area contributed by atoms with Gasteiger partial charge < -0.3 is 4.42 Å². The highest BCUT2D eigenvalue weighted by molar-refractivity contribution is 8.26. The predicted molar refractivity (Wildman–Crippen MR) is 125 cm³/mol. The minimum atomic E-state index is -0.509. The fraction of sp³-hybridized carbons (Fsp3) is 0. The molecule has 2 amide bonds. The maximum atomic E-state index is 12.7. The fourth-order valence-corrected chi connectivity index (χ4v) is 4.10. The van der Waals surface area contributed by atoms with Crippen molar-refractivity contribution < 1.29 is 18.9 Å². The molecule has 0 atom stereocenters. The number of hydrazine groups is 1. The molecule has 0 unspecified atom stereocenters. The van der Waals surface area contributed by atoms with Gasteiger partial charge in [0.15, 0.2) is 4.32 Å². The van der Waals surface area contributed by atoms with Crippen LogP contribution >= 0.6 is 35.6 Å². The molecule has 1 aliphatic heterocycles. The Morgan fingerprint density at radius 2 is 1.94 bits per heavy atom. The summed E-state index contributed by atoms with van der Waals surface area (Å²) in [5.74, 6) is -0.247. The van der Waals surface area contributed by atoms with Crippen LogP contribution in [0.5, 0.6) is 0 Å². The van der Waals surface area contributed by atoms with Crippen LogP contribution in [0.3, 0.4) is 0 Å². The molecule has 32 heavy (non-hydrogen) atoms. The summed E-state index contributed by atoms with van der Waals surface area (Å²) >= 11 is 12.1. The Balaban J connectivity index is 1.51. The number of halogens is 1. The molecule has 0 saturated carbocycles. The topological polar surface area (TPSA) is 106 Å². The zero-order valence-electron chi connectivity index (χ0n) is 16.0. The third-order valence-electron chi connectivity index (χ3n) is 4.36. The number of nitrogens with one attached hydrogen (secondary N) is 1. The number of nitro benzene ring substituents is 1. The van der Waals surface area contributed by atoms with Crippen LogP contribution in [-0.4, -0.2) is 26.1 Å². The lowest BCUT2D eigenvalue weighted by Gasteiger charge is -2.15. The summed E-state index contributed by atoms with van der Waals surface area (Å²) in [4.78, 5) is 35.9. The average Bonchev–Trinajstić information content (AvgIpc) is 3.34. The highest BCUT2D eigenvalue weighted by Gasteiger charge is 2.34. The summed E-state index contributed by atoms with van der Waals surface area (Å²) < 4.78 is 5.88. The molecule has 11 heteroatoms. The number of rotatable bonds is 5. The summed E-state index contributed by atoms with van der Waals surface area (Å²) in [6, 6.07) is 15.5. The molecule has 0 bridgehead atoms. The third-order valence-corrected chi connectivity index (χ3v) is 5.91. The number of amides is 2. The number of thiocarbonyl (C=S) groups is 1. The number of non-ortho nitro benzene ring substituents is 1. The Bertz CT molecular complexity index is 1290. The quantitative estimate of drug-likeness (QED) is 0.233. The van der Waals surface area contributed by atoms with Gasteiger partial charge >= 0.3 is 0 Å². The number of hydrogen-bond donors (Lipinski definition) is 1. The molecule has 1 aliphatic rings. The smallest absolute Gasteiger partial charge is 0.285 e. The number of carbonyl (C=O) groups is 2. The molecule has 3 aromatic rings. The minimum Gasteiger partial charge on any atom is -0.457 e. The van der Waals surface area contributed by atoms with Gasteiger partial charge in [-0.05, 0) is 48.6 Å². The highest BCUT2D eigenvalue weighted by atomic mass is 35.5. The Hall–Kier alpha value is -3.47. The van der Waals surface area contributed by atoms with E-state index in [9.17, 15) is 19.7 Å². The maximum absolute atomic E-state index is 12.7. The van der Waals surface area contributed by atoms with Crippen molar-refractivity contribution in [2.45, 2.75) is 0 Å². The van der Waals surface area contributed by atoms with Crippen LogP contribution < -0.4 is 5.43 Å². The summed E-state index contributed by atoms with van der Waals surface area (Å²) in [6.07, 6.45) is 1.49. The molecule has 1 fully saturated rings. The van der Waals surface area contributed by atoms with Gasteiger partial charge in [-0.2, -0.15) is 5.01 Å². The van der Waals surface area contributed by atoms with Crippen molar-refractivity contribution in [2.24, 2.45) is 0 Å². The highest BCUT2D eigenvalue weighted by Crippen LogP contribution is 2.33. The maximum Gasteiger partial charge on any atom is 0.285 e. The number of hydrogen-bond acceptors (Lipinski definition) is 7. The summed E-state index contributed by atoms with van der Waals surface area (Å²) in [5.41, 5.74) is 3.27. The molecule has 0 radical (unpaired) electrons. The van der Waals surface area contributed by atoms with E-state index in [1.165, 1.54) is 30.3 Å². The van der Waals surface area contributed by atoms with Crippen molar-refractivity contribution >= 4 is 63.5 Å². The van der Waals surface area contributed by atoms with Gasteiger partial charge in [0.05, 0.1) is 9.83 Å². The number of nitrogens with zero attached hydrogens (tertiary/aromatic N) is 2. The summed E-state index contributed by atoms with van der Waals surface area (Å²) in [6.45, 7) is 0. The monoisotopic (exact) mass is 485 g/mol. The molecule has 160 valence electrons. The lowest BCUT2D eigenvalue weighted by Crippen LogP contribution is -2.44. The molecule has 1 aromatic heterocycles. The summed E-state index contributed by atoms with van der Waals surface area (Å²) in [7, 11) is 0. The summed E-state index contributed by atoms with van der Waals surface area (Å²) in [5, 5.41) is 12.4. The van der Waals surface area contributed by atoms with E-state index in [1.807, 2.05) is 0 Å². The normalized spacial score (nSPS) is 14.8. The van der Waals surface area contributed by atoms with Crippen molar-refractivity contribution in [3.63, 3.8) is 0 Å². The van der Waals surface area contributed by atoms with Crippen molar-refractivity contribution in [2.75, 3.05) is 0 Å². The number of benzene rings is 2. The van der Waals surface area contributed by atoms with Crippen LogP contribution in [0, 0.1) is 10.1 Å². The Morgan fingerprint density at radius 3 is 2.66 bits per heavy atom. The van der Waals surface area contributed by atoms with Crippen LogP contribution in [0.2, 0.25) is 5.02 Å². The Morgan fingerprint density at radius 1 is 1.19 bits per heavy atom. The fourth-order valence-electron chi connectivity index (χ4n) is 2.82. The van der Waals surface area contributed by atoms with Crippen molar-refractivity contribution in [1.29, 1.82) is 0 Å². The van der Waals surface area contributed by atoms with Gasteiger partial charge in [-0.1, -0.05) is 35.5 Å². The largest absolute Gasteiger partial charge is 0.457 e. The Labute approximate surface area is 196 Å². The predicted octanol–water partition coefficient (Wildman–Crippen LogP) is 5.05. The first-order valence-electron chi connectivity index (χ1n) is 9.01. The van der Waals surface area contributed by atoms with Gasteiger partial charge in [-0.25, -0.2) is 0 Å². The van der Waals surface area contributed by atoms with Gasteiger partial charge in [0.2, 0.25) is 0 Å². The molecule has 8 nitrogen and oxygen atoms in total. The van der Waals surface area contributed by atoms with Gasteiger partial charge in [-0.15, -0.1) is 0 Å². The second-order valence-electron chi connectivity index (χ2n) is 6.47. The molecule has 2 heterocycles. The van der Waals surface area contributed by atoms with Crippen molar-refractivity contribution in [3.05, 3.63) is 92.0 Å². The molecule has 2 aromatic carbocycles. The number of thioether (sulfide) groups is 1. The number of nitro groups is 1. The standard InChI is InChI=1S/C21H12ClN3O5S2/c22-14-6-4-12(5-7-14)19(26)23-24-20(27)18(32-21(24)31)11-16-8-9-17(30-16)13-2-1-3-15(10-13)25(28)29/h1-11H,(H,23,26)/b18-11+. The van der Waals surface area contributed by atoms with E-state index in [-0.39, 0.29) is 14.9 Å². The molecular formula is C21H12ClN3O5S2. The first kappa shape index (κ1) is 21.8. The first-order chi connectivity index (χ1) is 15.3. The molecule has 4 rings (SSSR count). The molecule has 0 aliphatic carbocycles. The van der Waals surface area contributed by atoms with Gasteiger partial charge in [-0.3, -0.25) is 25.1 Å². The van der Waals surface area contributed by atoms with E-state index in [2.05, 4.69) is 5.43 Å². The van der Waals surface area contributed by atoms with E-state index in [1.54, 1.807) is 36.4 Å². The zero-order valence-corrected chi connectivity index (χ0v) is 18.4. The third kappa shape index (κ3) is 4.57. The first-order valence-corrected chi connectivity index (χ1v) is 10.6. The second kappa shape index (κ2) is 8.95. The molecular weight excluding hydrogens is 474 g/mol. The van der Waals surface area contributed by atoms with Crippen LogP contribution in [0.1, 0.15) is 16.1 Å². The SMILES string of the molecule is O=C(NN1C(=O)/C(=C\c2ccc(-c3cccc([N+](=O)[O-])c3)o2)SC1=S)c1ccc(Cl)cc1. The average molecular weight is 486 g/mol. The van der Waals surface area contributed by atoms with E-state index in [0.29, 0.717) is 27.7 Å². The number of furan rings is 1. The lowest BCUT2D eigenvalue weighted by molar-refractivity contribution is -0.384. The second-order valence-corrected chi connectivity index (χ2v) is 8.59. The van der Waals surface area contributed by atoms with E-state index >= 15 is 0 Å². The van der Waals surface area contributed by atoms with Gasteiger partial charge in [0.25, 0.3) is 17.5 Å². The lowest BCUT2D eigenvalue weighted by atomic mass is 10.1. The Kier molecular flexibility index (Phi) is 6.08. The van der Waals surface area contributed by atoms with Crippen LogP contribution in [0.4, 0.5) is 5.69 Å². The van der Waals surface area contributed by atoms with Crippen LogP contribution in [0.25, 0.3) is 17.4 Å². The van der Waals surface area contributed by atoms with Gasteiger partial charge in [0, 0.05) is 34.4 Å². The number of carbonyl (C=O) groups excluding carboxylic acids is 2. The zero-order chi connectivity index (χ0) is 22.8. The van der Waals surface area contributed by atoms with Crippen LogP contribution in [-0.2, 0) is 4.79 Å². The van der Waals surface area contributed by atoms with E-state index in [4.69, 9.17) is 28.2 Å². The minimum absolute atomic E-state index is 0.0576. The van der Waals surface area contributed by atoms with Gasteiger partial charge in [0.1, 0.15) is 11.5 Å².